The first kappa shape index (κ1) is 21.2. The smallest absolute Gasteiger partial charge is 0.351 e. The van der Waals surface area contributed by atoms with Gasteiger partial charge in [0, 0.05) is 6.54 Å². The Morgan fingerprint density at radius 2 is 1.79 bits per heavy atom. The molecule has 1 atom stereocenters. The van der Waals surface area contributed by atoms with Crippen LogP contribution in [0.2, 0.25) is 0 Å². The standard InChI is InChI=1S/C20H18F6N2O/c21-19(22,23)14-6-7-16(20(24,25)26)15(10-14)13-4-1-3-12(9-13)11-28-18(29)17-5-2-8-27-17/h1,3-4,6-7,9-10,17,27H,2,5,8,11H2,(H,28,29)/t17-/m0/s1. The third-order valence-corrected chi connectivity index (χ3v) is 4.73. The number of benzene rings is 2. The summed E-state index contributed by atoms with van der Waals surface area (Å²) in [6.07, 6.45) is -8.00. The molecule has 9 heteroatoms. The van der Waals surface area contributed by atoms with Crippen molar-refractivity contribution in [3.05, 3.63) is 59.2 Å². The molecule has 29 heavy (non-hydrogen) atoms. The third-order valence-electron chi connectivity index (χ3n) is 4.73. The molecular formula is C20H18F6N2O. The number of amides is 1. The predicted molar refractivity (Wildman–Crippen MR) is 94.8 cm³/mol. The Kier molecular flexibility index (Phi) is 5.88. The first-order valence-corrected chi connectivity index (χ1v) is 8.94. The minimum absolute atomic E-state index is 0.00540. The Morgan fingerprint density at radius 3 is 2.41 bits per heavy atom. The molecule has 1 aliphatic rings. The van der Waals surface area contributed by atoms with E-state index in [9.17, 15) is 31.1 Å². The van der Waals surface area contributed by atoms with Gasteiger partial charge in [-0.25, -0.2) is 0 Å². The minimum Gasteiger partial charge on any atom is -0.351 e. The van der Waals surface area contributed by atoms with Gasteiger partial charge >= 0.3 is 12.4 Å². The van der Waals surface area contributed by atoms with E-state index in [4.69, 9.17) is 0 Å². The first-order chi connectivity index (χ1) is 13.6. The van der Waals surface area contributed by atoms with E-state index in [1.54, 1.807) is 6.07 Å². The molecule has 1 heterocycles. The Bertz CT molecular complexity index is 885. The van der Waals surface area contributed by atoms with Crippen molar-refractivity contribution in [2.45, 2.75) is 37.8 Å². The van der Waals surface area contributed by atoms with Crippen LogP contribution < -0.4 is 10.6 Å². The van der Waals surface area contributed by atoms with Crippen LogP contribution in [0.3, 0.4) is 0 Å². The van der Waals surface area contributed by atoms with Crippen molar-refractivity contribution in [1.29, 1.82) is 0 Å². The molecule has 3 nitrogen and oxygen atoms in total. The van der Waals surface area contributed by atoms with Crippen LogP contribution in [-0.2, 0) is 23.7 Å². The van der Waals surface area contributed by atoms with Gasteiger partial charge in [0.05, 0.1) is 17.2 Å². The molecule has 0 bridgehead atoms. The number of hydrogen-bond donors (Lipinski definition) is 2. The van der Waals surface area contributed by atoms with Crippen LogP contribution in [0.5, 0.6) is 0 Å². The lowest BCUT2D eigenvalue weighted by molar-refractivity contribution is -0.141. The molecular weight excluding hydrogens is 398 g/mol. The van der Waals surface area contributed by atoms with E-state index in [1.807, 2.05) is 0 Å². The average molecular weight is 416 g/mol. The molecule has 3 rings (SSSR count). The fourth-order valence-corrected chi connectivity index (χ4v) is 3.28. The van der Waals surface area contributed by atoms with Crippen molar-refractivity contribution in [2.24, 2.45) is 0 Å². The van der Waals surface area contributed by atoms with Crippen molar-refractivity contribution < 1.29 is 31.1 Å². The van der Waals surface area contributed by atoms with Gasteiger partial charge in [0.15, 0.2) is 0 Å². The molecule has 156 valence electrons. The molecule has 0 aromatic heterocycles. The van der Waals surface area contributed by atoms with Gasteiger partial charge in [0.2, 0.25) is 5.91 Å². The van der Waals surface area contributed by atoms with Crippen LogP contribution >= 0.6 is 0 Å². The van der Waals surface area contributed by atoms with Crippen LogP contribution in [0, 0.1) is 0 Å². The summed E-state index contributed by atoms with van der Waals surface area (Å²) in [6.45, 7) is 0.800. The van der Waals surface area contributed by atoms with Gasteiger partial charge < -0.3 is 10.6 Å². The molecule has 2 aromatic carbocycles. The third kappa shape index (κ3) is 5.09. The SMILES string of the molecule is O=C(NCc1cccc(-c2cc(C(F)(F)F)ccc2C(F)(F)F)c1)[C@@H]1CCCN1. The van der Waals surface area contributed by atoms with Gasteiger partial charge in [0.1, 0.15) is 0 Å². The highest BCUT2D eigenvalue weighted by atomic mass is 19.4. The monoisotopic (exact) mass is 416 g/mol. The number of nitrogens with one attached hydrogen (secondary N) is 2. The number of rotatable bonds is 4. The second-order valence-electron chi connectivity index (χ2n) is 6.82. The van der Waals surface area contributed by atoms with Gasteiger partial charge in [-0.1, -0.05) is 18.2 Å². The summed E-state index contributed by atoms with van der Waals surface area (Å²) in [6, 6.07) is 6.77. The summed E-state index contributed by atoms with van der Waals surface area (Å²) in [7, 11) is 0. The van der Waals surface area contributed by atoms with Gasteiger partial charge in [-0.2, -0.15) is 26.3 Å². The maximum atomic E-state index is 13.3. The van der Waals surface area contributed by atoms with Crippen molar-refractivity contribution in [1.82, 2.24) is 10.6 Å². The Balaban J connectivity index is 1.89. The zero-order chi connectivity index (χ0) is 21.2. The Hall–Kier alpha value is -2.55. The number of hydrogen-bond acceptors (Lipinski definition) is 2. The van der Waals surface area contributed by atoms with Gasteiger partial charge in [-0.05, 0) is 60.3 Å². The number of alkyl halides is 6. The average Bonchev–Trinajstić information content (AvgIpc) is 3.19. The van der Waals surface area contributed by atoms with E-state index in [1.165, 1.54) is 18.2 Å². The van der Waals surface area contributed by atoms with Crippen LogP contribution in [0.4, 0.5) is 26.3 Å². The molecule has 1 amide bonds. The maximum absolute atomic E-state index is 13.3. The summed E-state index contributed by atoms with van der Waals surface area (Å²) in [4.78, 5) is 12.1. The number of halogens is 6. The molecule has 1 aliphatic heterocycles. The van der Waals surface area contributed by atoms with Gasteiger partial charge in [0.25, 0.3) is 0 Å². The van der Waals surface area contributed by atoms with Crippen LogP contribution in [0.1, 0.15) is 29.5 Å². The van der Waals surface area contributed by atoms with E-state index in [0.29, 0.717) is 30.2 Å². The van der Waals surface area contributed by atoms with Crippen LogP contribution in [-0.4, -0.2) is 18.5 Å². The molecule has 0 radical (unpaired) electrons. The lowest BCUT2D eigenvalue weighted by Gasteiger charge is -2.17. The normalized spacial score (nSPS) is 17.4. The van der Waals surface area contributed by atoms with Crippen LogP contribution in [0.15, 0.2) is 42.5 Å². The van der Waals surface area contributed by atoms with E-state index < -0.39 is 29.0 Å². The molecule has 1 fully saturated rings. The van der Waals surface area contributed by atoms with E-state index in [2.05, 4.69) is 10.6 Å². The fourth-order valence-electron chi connectivity index (χ4n) is 3.28. The van der Waals surface area contributed by atoms with Crippen LogP contribution in [0.25, 0.3) is 11.1 Å². The van der Waals surface area contributed by atoms with Crippen molar-refractivity contribution >= 4 is 5.91 Å². The second-order valence-corrected chi connectivity index (χ2v) is 6.82. The molecule has 0 unspecified atom stereocenters. The quantitative estimate of drug-likeness (QED) is 0.706. The summed E-state index contributed by atoms with van der Waals surface area (Å²) >= 11 is 0. The fraction of sp³-hybridized carbons (Fsp3) is 0.350. The Morgan fingerprint density at radius 1 is 1.03 bits per heavy atom. The summed E-state index contributed by atoms with van der Waals surface area (Å²) in [5, 5.41) is 5.73. The predicted octanol–water partition coefficient (Wildman–Crippen LogP) is 4.76. The van der Waals surface area contributed by atoms with Crippen molar-refractivity contribution in [3.63, 3.8) is 0 Å². The van der Waals surface area contributed by atoms with Crippen molar-refractivity contribution in [2.75, 3.05) is 6.54 Å². The van der Waals surface area contributed by atoms with E-state index >= 15 is 0 Å². The number of carbonyl (C=O) groups is 1. The molecule has 0 saturated carbocycles. The molecule has 0 aliphatic carbocycles. The zero-order valence-corrected chi connectivity index (χ0v) is 15.1. The largest absolute Gasteiger partial charge is 0.417 e. The molecule has 2 aromatic rings. The highest BCUT2D eigenvalue weighted by molar-refractivity contribution is 5.82. The van der Waals surface area contributed by atoms with Gasteiger partial charge in [-0.15, -0.1) is 0 Å². The Labute approximate surface area is 163 Å². The second kappa shape index (κ2) is 8.06. The highest BCUT2D eigenvalue weighted by Gasteiger charge is 2.37. The lowest BCUT2D eigenvalue weighted by Crippen LogP contribution is -2.39. The van der Waals surface area contributed by atoms with Crippen molar-refractivity contribution in [3.8, 4) is 11.1 Å². The maximum Gasteiger partial charge on any atom is 0.417 e. The highest BCUT2D eigenvalue weighted by Crippen LogP contribution is 2.40. The summed E-state index contributed by atoms with van der Waals surface area (Å²) < 4.78 is 79.1. The molecule has 1 saturated heterocycles. The topological polar surface area (TPSA) is 41.1 Å². The number of carbonyl (C=O) groups excluding carboxylic acids is 1. The minimum atomic E-state index is -4.81. The molecule has 2 N–H and O–H groups in total. The van der Waals surface area contributed by atoms with E-state index in [-0.39, 0.29) is 24.1 Å². The first-order valence-electron chi connectivity index (χ1n) is 8.94. The molecule has 0 spiro atoms. The summed E-state index contributed by atoms with van der Waals surface area (Å²) in [5.41, 5.74) is -2.39. The lowest BCUT2D eigenvalue weighted by atomic mass is 9.95. The zero-order valence-electron chi connectivity index (χ0n) is 15.1. The van der Waals surface area contributed by atoms with E-state index in [0.717, 1.165) is 13.0 Å². The van der Waals surface area contributed by atoms with Gasteiger partial charge in [-0.3, -0.25) is 4.79 Å². The summed E-state index contributed by atoms with van der Waals surface area (Å²) in [5.74, 6) is -0.219.